The third kappa shape index (κ3) is 2.65. The first-order valence-corrected chi connectivity index (χ1v) is 6.25. The third-order valence-corrected chi connectivity index (χ3v) is 3.26. The number of amides is 2. The highest BCUT2D eigenvalue weighted by Gasteiger charge is 2.07. The average Bonchev–Trinajstić information content (AvgIpc) is 3.04. The molecule has 3 aromatic rings. The van der Waals surface area contributed by atoms with Crippen molar-refractivity contribution in [3.63, 3.8) is 0 Å². The lowest BCUT2D eigenvalue weighted by Crippen LogP contribution is -2.28. The van der Waals surface area contributed by atoms with Crippen LogP contribution in [0.25, 0.3) is 10.2 Å². The molecule has 96 valence electrons. The van der Waals surface area contributed by atoms with Gasteiger partial charge in [0.1, 0.15) is 0 Å². The van der Waals surface area contributed by atoms with E-state index < -0.39 is 0 Å². The number of carbonyl (C=O) groups excluding carboxylic acids is 1. The Morgan fingerprint density at radius 2 is 2.26 bits per heavy atom. The van der Waals surface area contributed by atoms with Gasteiger partial charge in [-0.15, -0.1) is 10.2 Å². The quantitative estimate of drug-likeness (QED) is 0.664. The average molecular weight is 275 g/mol. The van der Waals surface area contributed by atoms with Crippen LogP contribution in [-0.4, -0.2) is 31.6 Å². The fourth-order valence-electron chi connectivity index (χ4n) is 1.48. The van der Waals surface area contributed by atoms with E-state index in [2.05, 4.69) is 36.2 Å². The lowest BCUT2D eigenvalue weighted by molar-refractivity contribution is 0.251. The van der Waals surface area contributed by atoms with Crippen LogP contribution >= 0.6 is 11.3 Å². The van der Waals surface area contributed by atoms with Crippen molar-refractivity contribution >= 4 is 32.7 Å². The molecule has 3 N–H and O–H groups in total. The fourth-order valence-corrected chi connectivity index (χ4v) is 2.34. The van der Waals surface area contributed by atoms with Crippen molar-refractivity contribution in [2.75, 3.05) is 5.32 Å². The molecule has 0 saturated heterocycles. The molecule has 0 radical (unpaired) electrons. The zero-order valence-electron chi connectivity index (χ0n) is 9.62. The minimum atomic E-state index is -0.358. The molecule has 8 nitrogen and oxygen atoms in total. The summed E-state index contributed by atoms with van der Waals surface area (Å²) in [5.74, 6) is 0.416. The first kappa shape index (κ1) is 11.5. The highest BCUT2D eigenvalue weighted by atomic mass is 32.1. The predicted molar refractivity (Wildman–Crippen MR) is 69.7 cm³/mol. The van der Waals surface area contributed by atoms with Crippen molar-refractivity contribution in [2.24, 2.45) is 0 Å². The summed E-state index contributed by atoms with van der Waals surface area (Å²) < 4.78 is 1.02. The molecule has 0 bridgehead atoms. The van der Waals surface area contributed by atoms with E-state index in [4.69, 9.17) is 0 Å². The molecule has 3 rings (SSSR count). The van der Waals surface area contributed by atoms with Gasteiger partial charge in [-0.25, -0.2) is 9.78 Å². The fraction of sp³-hybridized carbons (Fsp3) is 0.100. The van der Waals surface area contributed by atoms with E-state index in [0.29, 0.717) is 11.0 Å². The number of benzene rings is 1. The van der Waals surface area contributed by atoms with Gasteiger partial charge in [0.15, 0.2) is 11.0 Å². The maximum Gasteiger partial charge on any atom is 0.321 e. The Labute approximate surface area is 111 Å². The molecule has 0 unspecified atom stereocenters. The summed E-state index contributed by atoms with van der Waals surface area (Å²) >= 11 is 1.42. The van der Waals surface area contributed by atoms with Gasteiger partial charge in [0.05, 0.1) is 16.8 Å². The Kier molecular flexibility index (Phi) is 3.02. The minimum absolute atomic E-state index is 0.202. The Hall–Kier alpha value is -2.55. The van der Waals surface area contributed by atoms with Crippen molar-refractivity contribution in [1.29, 1.82) is 0 Å². The molecular weight excluding hydrogens is 266 g/mol. The van der Waals surface area contributed by atoms with Crippen molar-refractivity contribution in [3.8, 4) is 0 Å². The first-order chi connectivity index (χ1) is 9.31. The Morgan fingerprint density at radius 3 is 3.05 bits per heavy atom. The number of aromatic nitrogens is 5. The molecule has 0 aliphatic rings. The topological polar surface area (TPSA) is 108 Å². The normalized spacial score (nSPS) is 10.5. The number of hydrogen-bond donors (Lipinski definition) is 3. The first-order valence-electron chi connectivity index (χ1n) is 5.44. The number of aromatic amines is 1. The van der Waals surface area contributed by atoms with Crippen LogP contribution in [0, 0.1) is 0 Å². The van der Waals surface area contributed by atoms with Gasteiger partial charge in [-0.1, -0.05) is 28.7 Å². The SMILES string of the molecule is O=C(NCc1nn[nH]n1)Nc1nc2ccccc2s1. The predicted octanol–water partition coefficient (Wildman–Crippen LogP) is 1.13. The molecule has 0 fully saturated rings. The Bertz CT molecular complexity index is 660. The lowest BCUT2D eigenvalue weighted by atomic mass is 10.3. The smallest absolute Gasteiger partial charge is 0.321 e. The summed E-state index contributed by atoms with van der Waals surface area (Å²) in [6.45, 7) is 0.202. The molecule has 0 aliphatic heterocycles. The Balaban J connectivity index is 1.62. The summed E-state index contributed by atoms with van der Waals surface area (Å²) in [6, 6.07) is 7.33. The van der Waals surface area contributed by atoms with Crippen LogP contribution in [0.5, 0.6) is 0 Å². The van der Waals surface area contributed by atoms with Crippen LogP contribution in [0.1, 0.15) is 5.82 Å². The van der Waals surface area contributed by atoms with Gasteiger partial charge >= 0.3 is 6.03 Å². The highest BCUT2D eigenvalue weighted by molar-refractivity contribution is 7.22. The molecule has 0 saturated carbocycles. The lowest BCUT2D eigenvalue weighted by Gasteiger charge is -2.01. The van der Waals surface area contributed by atoms with Crippen LogP contribution in [0.15, 0.2) is 24.3 Å². The number of anilines is 1. The number of thiazole rings is 1. The van der Waals surface area contributed by atoms with E-state index in [1.165, 1.54) is 11.3 Å². The van der Waals surface area contributed by atoms with Crippen molar-refractivity contribution < 1.29 is 4.79 Å². The number of hydrogen-bond acceptors (Lipinski definition) is 6. The maximum atomic E-state index is 11.6. The second-order valence-corrected chi connectivity index (χ2v) is 4.65. The third-order valence-electron chi connectivity index (χ3n) is 2.31. The standard InChI is InChI=1S/C10H9N7OS/c18-9(11-5-8-14-16-17-15-8)13-10-12-6-3-1-2-4-7(6)19-10/h1-4H,5H2,(H2,11,12,13,18)(H,14,15,16,17). The van der Waals surface area contributed by atoms with Crippen LogP contribution in [0.2, 0.25) is 0 Å². The molecule has 0 atom stereocenters. The molecule has 2 heterocycles. The van der Waals surface area contributed by atoms with E-state index in [-0.39, 0.29) is 12.6 Å². The van der Waals surface area contributed by atoms with Gasteiger partial charge in [-0.05, 0) is 12.1 Å². The van der Waals surface area contributed by atoms with Gasteiger partial charge in [0.25, 0.3) is 0 Å². The van der Waals surface area contributed by atoms with E-state index in [0.717, 1.165) is 10.2 Å². The zero-order chi connectivity index (χ0) is 13.1. The molecule has 0 spiro atoms. The van der Waals surface area contributed by atoms with Crippen LogP contribution in [0.3, 0.4) is 0 Å². The van der Waals surface area contributed by atoms with Crippen molar-refractivity contribution in [2.45, 2.75) is 6.54 Å². The van der Waals surface area contributed by atoms with Crippen molar-refractivity contribution in [1.82, 2.24) is 30.9 Å². The van der Waals surface area contributed by atoms with Gasteiger partial charge < -0.3 is 5.32 Å². The molecule has 9 heteroatoms. The molecule has 1 aromatic carbocycles. The molecule has 2 aromatic heterocycles. The van der Waals surface area contributed by atoms with Gasteiger partial charge in [0.2, 0.25) is 0 Å². The number of nitrogens with one attached hydrogen (secondary N) is 3. The minimum Gasteiger partial charge on any atom is -0.330 e. The van der Waals surface area contributed by atoms with E-state index >= 15 is 0 Å². The molecule has 19 heavy (non-hydrogen) atoms. The van der Waals surface area contributed by atoms with Crippen LogP contribution in [-0.2, 0) is 6.54 Å². The number of rotatable bonds is 3. The van der Waals surface area contributed by atoms with E-state index in [1.54, 1.807) is 0 Å². The second kappa shape index (κ2) is 4.98. The second-order valence-electron chi connectivity index (χ2n) is 3.62. The summed E-state index contributed by atoms with van der Waals surface area (Å²) in [4.78, 5) is 15.9. The van der Waals surface area contributed by atoms with Crippen LogP contribution < -0.4 is 10.6 Å². The summed E-state index contributed by atoms with van der Waals surface area (Å²) in [6.07, 6.45) is 0. The molecular formula is C10H9N7OS. The maximum absolute atomic E-state index is 11.6. The zero-order valence-corrected chi connectivity index (χ0v) is 10.4. The monoisotopic (exact) mass is 275 g/mol. The van der Waals surface area contributed by atoms with E-state index in [9.17, 15) is 4.79 Å². The van der Waals surface area contributed by atoms with Gasteiger partial charge in [-0.3, -0.25) is 5.32 Å². The number of carbonyl (C=O) groups is 1. The summed E-state index contributed by atoms with van der Waals surface area (Å²) in [5.41, 5.74) is 0.862. The summed E-state index contributed by atoms with van der Waals surface area (Å²) in [7, 11) is 0. The number of H-pyrrole nitrogens is 1. The van der Waals surface area contributed by atoms with E-state index in [1.807, 2.05) is 24.3 Å². The van der Waals surface area contributed by atoms with Crippen LogP contribution in [0.4, 0.5) is 9.93 Å². The molecule has 2 amide bonds. The van der Waals surface area contributed by atoms with Gasteiger partial charge in [-0.2, -0.15) is 5.21 Å². The Morgan fingerprint density at radius 1 is 1.37 bits per heavy atom. The summed E-state index contributed by atoms with van der Waals surface area (Å²) in [5, 5.41) is 19.0. The van der Waals surface area contributed by atoms with Crippen molar-refractivity contribution in [3.05, 3.63) is 30.1 Å². The number of tetrazole rings is 1. The number of urea groups is 1. The molecule has 0 aliphatic carbocycles. The number of fused-ring (bicyclic) bond motifs is 1. The highest BCUT2D eigenvalue weighted by Crippen LogP contribution is 2.25. The number of para-hydroxylation sites is 1. The van der Waals surface area contributed by atoms with Gasteiger partial charge in [0, 0.05) is 0 Å². The number of nitrogens with zero attached hydrogens (tertiary/aromatic N) is 4. The largest absolute Gasteiger partial charge is 0.330 e.